The molecule has 1 N–H and O–H groups in total. The first-order valence-corrected chi connectivity index (χ1v) is 11.4. The van der Waals surface area contributed by atoms with Gasteiger partial charge in [0.2, 0.25) is 0 Å². The minimum atomic E-state index is -0.859. The van der Waals surface area contributed by atoms with Gasteiger partial charge in [-0.3, -0.25) is 14.9 Å². The zero-order valence-electron chi connectivity index (χ0n) is 19.4. The Kier molecular flexibility index (Phi) is 8.54. The minimum Gasteiger partial charge on any atom is -0.493 e. The largest absolute Gasteiger partial charge is 0.493 e. The summed E-state index contributed by atoms with van der Waals surface area (Å²) >= 11 is 6.14. The fourth-order valence-electron chi connectivity index (χ4n) is 3.26. The van der Waals surface area contributed by atoms with Crippen molar-refractivity contribution in [2.24, 2.45) is 0 Å². The third-order valence-corrected chi connectivity index (χ3v) is 5.23. The quantitative estimate of drug-likeness (QED) is 0.289. The molecule has 0 aliphatic carbocycles. The lowest BCUT2D eigenvalue weighted by Crippen LogP contribution is -2.54. The number of hydrogen-bond acceptors (Lipinski definition) is 6. The molecule has 8 nitrogen and oxygen atoms in total. The Labute approximate surface area is 203 Å². The maximum absolute atomic E-state index is 13.3. The van der Waals surface area contributed by atoms with Crippen LogP contribution in [0.3, 0.4) is 0 Å². The summed E-state index contributed by atoms with van der Waals surface area (Å²) in [5, 5.41) is 2.63. The van der Waals surface area contributed by atoms with Crippen LogP contribution in [-0.2, 0) is 9.59 Å². The van der Waals surface area contributed by atoms with Gasteiger partial charge in [-0.2, -0.15) is 0 Å². The second-order valence-electron chi connectivity index (χ2n) is 7.53. The van der Waals surface area contributed by atoms with E-state index in [0.717, 1.165) is 24.2 Å². The third-order valence-electron chi connectivity index (χ3n) is 5.00. The molecule has 2 aromatic carbocycles. The van der Waals surface area contributed by atoms with E-state index in [1.807, 2.05) is 13.8 Å². The number of imide groups is 2. The number of unbranched alkanes of at least 4 members (excludes halogenated alkanes) is 1. The standard InChI is InChI=1S/C25H27ClN2O6/c1-4-6-12-34-20-9-7-17(26)13-16(20)14-19-23(29)27-25(31)28(24(19)30)18-8-10-21(33-11-5-2)22(15-18)32-3/h7-10,13-15H,4-6,11-12H2,1-3H3,(H,27,29,31). The van der Waals surface area contributed by atoms with Crippen LogP contribution in [0.4, 0.5) is 10.5 Å². The van der Waals surface area contributed by atoms with Crippen molar-refractivity contribution in [1.29, 1.82) is 0 Å². The predicted molar refractivity (Wildman–Crippen MR) is 130 cm³/mol. The molecule has 0 spiro atoms. The van der Waals surface area contributed by atoms with E-state index in [1.165, 1.54) is 19.3 Å². The number of halogens is 1. The molecule has 1 aliphatic rings. The first-order valence-electron chi connectivity index (χ1n) is 11.0. The lowest BCUT2D eigenvalue weighted by Gasteiger charge is -2.27. The molecule has 0 atom stereocenters. The van der Waals surface area contributed by atoms with Gasteiger partial charge < -0.3 is 14.2 Å². The Morgan fingerprint density at radius 1 is 0.941 bits per heavy atom. The molecular formula is C25H27ClN2O6. The smallest absolute Gasteiger partial charge is 0.335 e. The van der Waals surface area contributed by atoms with Crippen LogP contribution in [0.5, 0.6) is 17.2 Å². The number of carbonyl (C=O) groups excluding carboxylic acids is 3. The molecule has 1 saturated heterocycles. The fraction of sp³-hybridized carbons (Fsp3) is 0.320. The van der Waals surface area contributed by atoms with Gasteiger partial charge in [-0.15, -0.1) is 0 Å². The highest BCUT2D eigenvalue weighted by Gasteiger charge is 2.37. The van der Waals surface area contributed by atoms with Crippen LogP contribution in [0, 0.1) is 0 Å². The molecular weight excluding hydrogens is 460 g/mol. The van der Waals surface area contributed by atoms with E-state index < -0.39 is 17.8 Å². The van der Waals surface area contributed by atoms with Crippen LogP contribution in [0.2, 0.25) is 5.02 Å². The molecule has 180 valence electrons. The molecule has 0 unspecified atom stereocenters. The second kappa shape index (κ2) is 11.6. The van der Waals surface area contributed by atoms with E-state index >= 15 is 0 Å². The Bertz CT molecular complexity index is 1110. The van der Waals surface area contributed by atoms with E-state index in [-0.39, 0.29) is 11.3 Å². The summed E-state index contributed by atoms with van der Waals surface area (Å²) in [7, 11) is 1.46. The summed E-state index contributed by atoms with van der Waals surface area (Å²) in [6, 6.07) is 8.75. The van der Waals surface area contributed by atoms with Gasteiger partial charge in [-0.25, -0.2) is 9.69 Å². The Hall–Kier alpha value is -3.52. The zero-order chi connectivity index (χ0) is 24.7. The fourth-order valence-corrected chi connectivity index (χ4v) is 3.44. The summed E-state index contributed by atoms with van der Waals surface area (Å²) in [5.41, 5.74) is 0.455. The van der Waals surface area contributed by atoms with Crippen molar-refractivity contribution < 1.29 is 28.6 Å². The number of urea groups is 1. The van der Waals surface area contributed by atoms with Crippen LogP contribution >= 0.6 is 11.6 Å². The van der Waals surface area contributed by atoms with Crippen LogP contribution in [0.25, 0.3) is 6.08 Å². The normalized spacial score (nSPS) is 14.9. The zero-order valence-corrected chi connectivity index (χ0v) is 20.1. The highest BCUT2D eigenvalue weighted by molar-refractivity contribution is 6.39. The van der Waals surface area contributed by atoms with Crippen molar-refractivity contribution in [3.63, 3.8) is 0 Å². The van der Waals surface area contributed by atoms with Gasteiger partial charge in [0.25, 0.3) is 11.8 Å². The minimum absolute atomic E-state index is 0.229. The highest BCUT2D eigenvalue weighted by atomic mass is 35.5. The van der Waals surface area contributed by atoms with Gasteiger partial charge in [-0.05, 0) is 49.2 Å². The van der Waals surface area contributed by atoms with Crippen molar-refractivity contribution in [2.45, 2.75) is 33.1 Å². The number of carbonyl (C=O) groups is 3. The van der Waals surface area contributed by atoms with Crippen LogP contribution in [0.1, 0.15) is 38.7 Å². The molecule has 0 saturated carbocycles. The number of amides is 4. The lowest BCUT2D eigenvalue weighted by atomic mass is 10.1. The van der Waals surface area contributed by atoms with Crippen molar-refractivity contribution in [3.05, 3.63) is 52.6 Å². The number of anilines is 1. The van der Waals surface area contributed by atoms with Gasteiger partial charge in [0.1, 0.15) is 11.3 Å². The SMILES string of the molecule is CCCCOc1ccc(Cl)cc1C=C1C(=O)NC(=O)N(c2ccc(OCCC)c(OC)c2)C1=O. The Balaban J connectivity index is 1.97. The van der Waals surface area contributed by atoms with E-state index in [2.05, 4.69) is 5.32 Å². The van der Waals surface area contributed by atoms with Crippen molar-refractivity contribution >= 4 is 41.2 Å². The number of nitrogens with zero attached hydrogens (tertiary/aromatic N) is 1. The molecule has 1 aliphatic heterocycles. The summed E-state index contributed by atoms with van der Waals surface area (Å²) in [5.74, 6) is -0.264. The maximum Gasteiger partial charge on any atom is 0.335 e. The molecule has 2 aromatic rings. The molecule has 0 radical (unpaired) electrons. The monoisotopic (exact) mass is 486 g/mol. The van der Waals surface area contributed by atoms with Crippen molar-refractivity contribution in [3.8, 4) is 17.2 Å². The van der Waals surface area contributed by atoms with Crippen LogP contribution in [0.15, 0.2) is 42.0 Å². The van der Waals surface area contributed by atoms with E-state index in [4.69, 9.17) is 25.8 Å². The third kappa shape index (κ3) is 5.69. The van der Waals surface area contributed by atoms with E-state index in [1.54, 1.807) is 30.3 Å². The van der Waals surface area contributed by atoms with E-state index in [0.29, 0.717) is 41.0 Å². The molecule has 0 aromatic heterocycles. The number of hydrogen-bond donors (Lipinski definition) is 1. The van der Waals surface area contributed by atoms with Gasteiger partial charge in [0.05, 0.1) is 26.0 Å². The highest BCUT2D eigenvalue weighted by Crippen LogP contribution is 2.34. The topological polar surface area (TPSA) is 94.2 Å². The Morgan fingerprint density at radius 3 is 2.38 bits per heavy atom. The molecule has 34 heavy (non-hydrogen) atoms. The van der Waals surface area contributed by atoms with Gasteiger partial charge in [0.15, 0.2) is 11.5 Å². The average Bonchev–Trinajstić information content (AvgIpc) is 2.82. The van der Waals surface area contributed by atoms with Gasteiger partial charge >= 0.3 is 6.03 Å². The molecule has 9 heteroatoms. The molecule has 1 heterocycles. The average molecular weight is 487 g/mol. The molecule has 4 amide bonds. The van der Waals surface area contributed by atoms with Crippen molar-refractivity contribution in [2.75, 3.05) is 25.2 Å². The molecule has 3 rings (SSSR count). The van der Waals surface area contributed by atoms with Crippen LogP contribution < -0.4 is 24.4 Å². The number of benzene rings is 2. The molecule has 0 bridgehead atoms. The van der Waals surface area contributed by atoms with Gasteiger partial charge in [-0.1, -0.05) is 31.9 Å². The summed E-state index contributed by atoms with van der Waals surface area (Å²) in [6.07, 6.45) is 3.98. The lowest BCUT2D eigenvalue weighted by molar-refractivity contribution is -0.122. The first-order chi connectivity index (χ1) is 16.4. The number of ether oxygens (including phenoxy) is 3. The van der Waals surface area contributed by atoms with Crippen molar-refractivity contribution in [1.82, 2.24) is 5.32 Å². The Morgan fingerprint density at radius 2 is 1.68 bits per heavy atom. The van der Waals surface area contributed by atoms with E-state index in [9.17, 15) is 14.4 Å². The first kappa shape index (κ1) is 25.1. The number of methoxy groups -OCH3 is 1. The predicted octanol–water partition coefficient (Wildman–Crippen LogP) is 4.98. The number of rotatable bonds is 10. The summed E-state index contributed by atoms with van der Waals surface area (Å²) < 4.78 is 16.8. The summed E-state index contributed by atoms with van der Waals surface area (Å²) in [4.78, 5) is 39.3. The second-order valence-corrected chi connectivity index (χ2v) is 7.96. The summed E-state index contributed by atoms with van der Waals surface area (Å²) in [6.45, 7) is 4.98. The van der Waals surface area contributed by atoms with Crippen LogP contribution in [-0.4, -0.2) is 38.2 Å². The maximum atomic E-state index is 13.3. The van der Waals surface area contributed by atoms with Gasteiger partial charge in [0, 0.05) is 16.7 Å². The number of barbiturate groups is 1. The molecule has 1 fully saturated rings. The number of nitrogens with one attached hydrogen (secondary N) is 1.